The standard InChI is InChI=1S/C26H27F4N7/c1-14-19(12-32-37(14)17-6-8-31-9-7-17)24-25-21(33-26(30)35-24)4-5-23(34-25)36-13-16(28)11-22(36)18-10-15(27)2-3-20(18)29/h2-5,10,12,14,16-17,19,22,31H,6-9,11,13H2,1H3/t14?,16-,19?,22+/m0/s1. The molecule has 0 amide bonds. The van der Waals surface area contributed by atoms with Crippen molar-refractivity contribution in [1.82, 2.24) is 25.3 Å². The van der Waals surface area contributed by atoms with Crippen molar-refractivity contribution in [2.75, 3.05) is 24.5 Å². The van der Waals surface area contributed by atoms with Crippen molar-refractivity contribution < 1.29 is 17.6 Å². The Hall–Kier alpha value is -3.34. The van der Waals surface area contributed by atoms with Crippen LogP contribution in [0.25, 0.3) is 11.0 Å². The van der Waals surface area contributed by atoms with Crippen molar-refractivity contribution in [3.05, 3.63) is 59.3 Å². The smallest absolute Gasteiger partial charge is 0.309 e. The maximum Gasteiger partial charge on any atom is 0.309 e. The first kappa shape index (κ1) is 24.0. The van der Waals surface area contributed by atoms with Crippen molar-refractivity contribution in [2.45, 2.75) is 56.4 Å². The number of piperidine rings is 1. The van der Waals surface area contributed by atoms with Gasteiger partial charge in [0.25, 0.3) is 0 Å². The van der Waals surface area contributed by atoms with Gasteiger partial charge in [0.15, 0.2) is 0 Å². The first-order valence-corrected chi connectivity index (χ1v) is 12.6. The number of benzene rings is 1. The summed E-state index contributed by atoms with van der Waals surface area (Å²) in [6.07, 6.45) is 1.61. The molecule has 0 saturated carbocycles. The Morgan fingerprint density at radius 1 is 1.00 bits per heavy atom. The van der Waals surface area contributed by atoms with Crippen LogP contribution in [-0.2, 0) is 0 Å². The summed E-state index contributed by atoms with van der Waals surface area (Å²) in [5, 5.41) is 10.1. The van der Waals surface area contributed by atoms with Crippen molar-refractivity contribution in [2.24, 2.45) is 5.10 Å². The monoisotopic (exact) mass is 513 g/mol. The van der Waals surface area contributed by atoms with E-state index in [1.54, 1.807) is 23.2 Å². The number of hydrazone groups is 1. The first-order chi connectivity index (χ1) is 17.9. The molecule has 1 aromatic carbocycles. The van der Waals surface area contributed by atoms with Crippen LogP contribution in [0.5, 0.6) is 0 Å². The summed E-state index contributed by atoms with van der Waals surface area (Å²) in [4.78, 5) is 14.4. The van der Waals surface area contributed by atoms with E-state index in [0.29, 0.717) is 22.5 Å². The lowest BCUT2D eigenvalue weighted by Gasteiger charge is -2.34. The molecule has 5 heterocycles. The maximum atomic E-state index is 14.6. The van der Waals surface area contributed by atoms with Gasteiger partial charge in [-0.25, -0.2) is 28.1 Å². The molecule has 3 aliphatic rings. The fourth-order valence-electron chi connectivity index (χ4n) is 5.83. The highest BCUT2D eigenvalue weighted by Gasteiger charge is 2.38. The number of halogens is 4. The number of pyridine rings is 1. The third kappa shape index (κ3) is 4.39. The lowest BCUT2D eigenvalue weighted by Crippen LogP contribution is -2.43. The number of nitrogens with one attached hydrogen (secondary N) is 1. The molecule has 1 N–H and O–H groups in total. The van der Waals surface area contributed by atoms with Gasteiger partial charge in [-0.15, -0.1) is 0 Å². The van der Waals surface area contributed by atoms with E-state index in [1.165, 1.54) is 0 Å². The van der Waals surface area contributed by atoms with Gasteiger partial charge in [-0.1, -0.05) is 0 Å². The van der Waals surface area contributed by atoms with E-state index < -0.39 is 29.9 Å². The molecular formula is C26H27F4N7. The zero-order valence-corrected chi connectivity index (χ0v) is 20.3. The lowest BCUT2D eigenvalue weighted by atomic mass is 9.95. The number of fused-ring (bicyclic) bond motifs is 1. The van der Waals surface area contributed by atoms with Crippen LogP contribution in [0.4, 0.5) is 23.4 Å². The van der Waals surface area contributed by atoms with Gasteiger partial charge in [0.05, 0.1) is 35.8 Å². The Morgan fingerprint density at radius 2 is 1.81 bits per heavy atom. The van der Waals surface area contributed by atoms with Gasteiger partial charge in [0, 0.05) is 24.2 Å². The second kappa shape index (κ2) is 9.51. The van der Waals surface area contributed by atoms with Crippen LogP contribution in [0, 0.1) is 17.7 Å². The zero-order chi connectivity index (χ0) is 25.7. The molecule has 7 nitrogen and oxygen atoms in total. The van der Waals surface area contributed by atoms with E-state index in [4.69, 9.17) is 4.98 Å². The first-order valence-electron chi connectivity index (χ1n) is 12.6. The molecule has 37 heavy (non-hydrogen) atoms. The van der Waals surface area contributed by atoms with Crippen molar-refractivity contribution in [3.8, 4) is 0 Å². The molecule has 0 bridgehead atoms. The molecular weight excluding hydrogens is 486 g/mol. The number of hydrogen-bond acceptors (Lipinski definition) is 7. The zero-order valence-electron chi connectivity index (χ0n) is 20.3. The fourth-order valence-corrected chi connectivity index (χ4v) is 5.83. The minimum atomic E-state index is -1.24. The molecule has 4 atom stereocenters. The number of alkyl halides is 1. The quantitative estimate of drug-likeness (QED) is 0.416. The number of aromatic nitrogens is 3. The molecule has 2 saturated heterocycles. The summed E-state index contributed by atoms with van der Waals surface area (Å²) in [6.45, 7) is 3.85. The van der Waals surface area contributed by atoms with Crippen LogP contribution < -0.4 is 10.2 Å². The predicted octanol–water partition coefficient (Wildman–Crippen LogP) is 4.26. The van der Waals surface area contributed by atoms with Gasteiger partial charge < -0.3 is 10.2 Å². The Labute approximate surface area is 211 Å². The van der Waals surface area contributed by atoms with Crippen molar-refractivity contribution in [1.29, 1.82) is 0 Å². The Morgan fingerprint density at radius 3 is 2.62 bits per heavy atom. The fraction of sp³-hybridized carbons (Fsp3) is 0.462. The number of anilines is 1. The lowest BCUT2D eigenvalue weighted by molar-refractivity contribution is 0.133. The van der Waals surface area contributed by atoms with Crippen LogP contribution in [0.15, 0.2) is 35.4 Å². The van der Waals surface area contributed by atoms with E-state index in [0.717, 1.165) is 44.1 Å². The van der Waals surface area contributed by atoms with E-state index >= 15 is 0 Å². The second-order valence-corrected chi connectivity index (χ2v) is 9.97. The molecule has 0 radical (unpaired) electrons. The minimum Gasteiger partial charge on any atom is -0.346 e. The summed E-state index contributed by atoms with van der Waals surface area (Å²) in [7, 11) is 0. The Kier molecular flexibility index (Phi) is 6.18. The summed E-state index contributed by atoms with van der Waals surface area (Å²) < 4.78 is 57.6. The molecule has 3 aromatic rings. The van der Waals surface area contributed by atoms with Crippen LogP contribution >= 0.6 is 0 Å². The summed E-state index contributed by atoms with van der Waals surface area (Å²) in [6, 6.07) is 5.88. The summed E-state index contributed by atoms with van der Waals surface area (Å²) in [5.74, 6) is -1.15. The Balaban J connectivity index is 1.38. The third-order valence-corrected chi connectivity index (χ3v) is 7.68. The van der Waals surface area contributed by atoms with Crippen LogP contribution in [-0.4, -0.2) is 64.1 Å². The van der Waals surface area contributed by atoms with Gasteiger partial charge in [0.1, 0.15) is 29.1 Å². The number of rotatable bonds is 4. The minimum absolute atomic E-state index is 0.00435. The van der Waals surface area contributed by atoms with Crippen molar-refractivity contribution >= 4 is 23.1 Å². The molecule has 2 unspecified atom stereocenters. The average Bonchev–Trinajstić information content (AvgIpc) is 3.47. The van der Waals surface area contributed by atoms with Crippen LogP contribution in [0.3, 0.4) is 0 Å². The summed E-state index contributed by atoms with van der Waals surface area (Å²) in [5.41, 5.74) is 1.18. The molecule has 2 aromatic heterocycles. The molecule has 0 spiro atoms. The summed E-state index contributed by atoms with van der Waals surface area (Å²) >= 11 is 0. The molecule has 3 aliphatic heterocycles. The molecule has 2 fully saturated rings. The van der Waals surface area contributed by atoms with Gasteiger partial charge in [0.2, 0.25) is 0 Å². The number of hydrogen-bond donors (Lipinski definition) is 1. The SMILES string of the molecule is CC1C(c2nc(F)nc3ccc(N4C[C@@H](F)C[C@@H]4c4cc(F)ccc4F)nc23)C=NN1C1CCNCC1. The molecule has 6 rings (SSSR count). The highest BCUT2D eigenvalue weighted by molar-refractivity contribution is 5.84. The van der Waals surface area contributed by atoms with E-state index in [-0.39, 0.29) is 36.5 Å². The van der Waals surface area contributed by atoms with E-state index in [9.17, 15) is 17.6 Å². The topological polar surface area (TPSA) is 69.5 Å². The van der Waals surface area contributed by atoms with Gasteiger partial charge in [-0.05, 0) is 63.2 Å². The largest absolute Gasteiger partial charge is 0.346 e. The average molecular weight is 514 g/mol. The van der Waals surface area contributed by atoms with Gasteiger partial charge >= 0.3 is 6.08 Å². The molecule has 0 aliphatic carbocycles. The van der Waals surface area contributed by atoms with Crippen LogP contribution in [0.2, 0.25) is 0 Å². The highest BCUT2D eigenvalue weighted by atomic mass is 19.1. The predicted molar refractivity (Wildman–Crippen MR) is 132 cm³/mol. The van der Waals surface area contributed by atoms with Gasteiger partial charge in [-0.3, -0.25) is 5.01 Å². The van der Waals surface area contributed by atoms with E-state index in [1.807, 2.05) is 6.92 Å². The van der Waals surface area contributed by atoms with Gasteiger partial charge in [-0.2, -0.15) is 9.49 Å². The Bertz CT molecular complexity index is 1350. The van der Waals surface area contributed by atoms with Crippen LogP contribution in [0.1, 0.15) is 49.4 Å². The second-order valence-electron chi connectivity index (χ2n) is 9.97. The third-order valence-electron chi connectivity index (χ3n) is 7.68. The molecule has 11 heteroatoms. The van der Waals surface area contributed by atoms with Crippen molar-refractivity contribution in [3.63, 3.8) is 0 Å². The maximum absolute atomic E-state index is 14.6. The van der Waals surface area contributed by atoms with E-state index in [2.05, 4.69) is 25.4 Å². The normalized spacial score (nSPS) is 26.5. The molecule has 194 valence electrons. The number of nitrogens with zero attached hydrogens (tertiary/aromatic N) is 6. The highest BCUT2D eigenvalue weighted by Crippen LogP contribution is 2.39.